The van der Waals surface area contributed by atoms with E-state index < -0.39 is 0 Å². The molecule has 4 nitrogen and oxygen atoms in total. The van der Waals surface area contributed by atoms with Gasteiger partial charge in [-0.3, -0.25) is 0 Å². The van der Waals surface area contributed by atoms with Crippen LogP contribution in [0.25, 0.3) is 0 Å². The number of rotatable bonds is 3. The van der Waals surface area contributed by atoms with Crippen LogP contribution in [0.2, 0.25) is 0 Å². The highest BCUT2D eigenvalue weighted by atomic mass is 16.5. The molecule has 104 valence electrons. The van der Waals surface area contributed by atoms with Gasteiger partial charge in [0.25, 0.3) is 0 Å². The molecule has 1 aromatic rings. The SMILES string of the molecule is COc1ccc(C2CN(C)C=C(C)N2C)cc1OC. The van der Waals surface area contributed by atoms with E-state index in [0.717, 1.165) is 18.0 Å². The summed E-state index contributed by atoms with van der Waals surface area (Å²) in [7, 11) is 7.55. The molecule has 4 heteroatoms. The van der Waals surface area contributed by atoms with Gasteiger partial charge in [-0.15, -0.1) is 0 Å². The fourth-order valence-electron chi connectivity index (χ4n) is 2.49. The van der Waals surface area contributed by atoms with Crippen molar-refractivity contribution in [2.45, 2.75) is 13.0 Å². The number of benzene rings is 1. The Kier molecular flexibility index (Phi) is 3.88. The van der Waals surface area contributed by atoms with Crippen LogP contribution in [0.1, 0.15) is 18.5 Å². The Morgan fingerprint density at radius 1 is 1.11 bits per heavy atom. The summed E-state index contributed by atoms with van der Waals surface area (Å²) in [6, 6.07) is 6.46. The Hall–Kier alpha value is -1.84. The Labute approximate surface area is 115 Å². The van der Waals surface area contributed by atoms with Crippen molar-refractivity contribution in [1.29, 1.82) is 0 Å². The second-order valence-electron chi connectivity index (χ2n) is 4.95. The second kappa shape index (κ2) is 5.43. The van der Waals surface area contributed by atoms with E-state index in [4.69, 9.17) is 9.47 Å². The molecule has 2 rings (SSSR count). The van der Waals surface area contributed by atoms with E-state index in [-0.39, 0.29) is 0 Å². The van der Waals surface area contributed by atoms with Crippen molar-refractivity contribution in [1.82, 2.24) is 9.80 Å². The molecule has 1 aliphatic heterocycles. The fraction of sp³-hybridized carbons (Fsp3) is 0.467. The van der Waals surface area contributed by atoms with Crippen LogP contribution in [0.5, 0.6) is 11.5 Å². The van der Waals surface area contributed by atoms with Gasteiger partial charge in [0.1, 0.15) is 0 Å². The highest BCUT2D eigenvalue weighted by Gasteiger charge is 2.23. The monoisotopic (exact) mass is 262 g/mol. The molecule has 0 amide bonds. The van der Waals surface area contributed by atoms with Gasteiger partial charge in [-0.25, -0.2) is 0 Å². The number of hydrogen-bond acceptors (Lipinski definition) is 4. The largest absolute Gasteiger partial charge is 0.493 e. The number of nitrogens with zero attached hydrogens (tertiary/aromatic N) is 2. The summed E-state index contributed by atoms with van der Waals surface area (Å²) in [4.78, 5) is 4.51. The number of ether oxygens (including phenoxy) is 2. The summed E-state index contributed by atoms with van der Waals surface area (Å²) in [5.74, 6) is 1.55. The third-order valence-corrected chi connectivity index (χ3v) is 3.68. The zero-order valence-corrected chi connectivity index (χ0v) is 12.3. The van der Waals surface area contributed by atoms with Crippen LogP contribution in [-0.2, 0) is 0 Å². The third-order valence-electron chi connectivity index (χ3n) is 3.68. The van der Waals surface area contributed by atoms with E-state index in [0.29, 0.717) is 6.04 Å². The number of likely N-dealkylation sites (N-methyl/N-ethyl adjacent to an activating group) is 2. The van der Waals surface area contributed by atoms with Crippen LogP contribution < -0.4 is 9.47 Å². The maximum Gasteiger partial charge on any atom is 0.161 e. The van der Waals surface area contributed by atoms with E-state index in [1.54, 1.807) is 14.2 Å². The van der Waals surface area contributed by atoms with Gasteiger partial charge in [-0.05, 0) is 24.6 Å². The molecule has 0 radical (unpaired) electrons. The summed E-state index contributed by atoms with van der Waals surface area (Å²) in [5, 5.41) is 0. The molecule has 1 atom stereocenters. The molecule has 1 unspecified atom stereocenters. The van der Waals surface area contributed by atoms with Crippen LogP contribution in [0, 0.1) is 0 Å². The predicted octanol–water partition coefficient (Wildman–Crippen LogP) is 2.48. The van der Waals surface area contributed by atoms with Crippen LogP contribution >= 0.6 is 0 Å². The number of methoxy groups -OCH3 is 2. The van der Waals surface area contributed by atoms with E-state index in [2.05, 4.69) is 49.2 Å². The average molecular weight is 262 g/mol. The van der Waals surface area contributed by atoms with Crippen molar-refractivity contribution in [3.63, 3.8) is 0 Å². The van der Waals surface area contributed by atoms with Gasteiger partial charge in [-0.1, -0.05) is 6.07 Å². The Morgan fingerprint density at radius 2 is 1.79 bits per heavy atom. The molecule has 0 saturated carbocycles. The van der Waals surface area contributed by atoms with Crippen LogP contribution in [0.3, 0.4) is 0 Å². The van der Waals surface area contributed by atoms with Gasteiger partial charge < -0.3 is 19.3 Å². The lowest BCUT2D eigenvalue weighted by Crippen LogP contribution is -2.36. The summed E-state index contributed by atoms with van der Waals surface area (Å²) in [6.45, 7) is 3.09. The van der Waals surface area contributed by atoms with Gasteiger partial charge >= 0.3 is 0 Å². The van der Waals surface area contributed by atoms with Crippen molar-refractivity contribution in [3.05, 3.63) is 35.7 Å². The summed E-state index contributed by atoms with van der Waals surface area (Å²) in [5.41, 5.74) is 2.49. The highest BCUT2D eigenvalue weighted by Crippen LogP contribution is 2.34. The molecule has 0 aliphatic carbocycles. The maximum absolute atomic E-state index is 5.38. The minimum Gasteiger partial charge on any atom is -0.493 e. The highest BCUT2D eigenvalue weighted by molar-refractivity contribution is 5.44. The molecule has 0 spiro atoms. The number of allylic oxidation sites excluding steroid dienone is 1. The molecule has 1 heterocycles. The zero-order chi connectivity index (χ0) is 14.0. The van der Waals surface area contributed by atoms with E-state index in [1.807, 2.05) is 6.07 Å². The summed E-state index contributed by atoms with van der Waals surface area (Å²) >= 11 is 0. The lowest BCUT2D eigenvalue weighted by molar-refractivity contribution is 0.214. The van der Waals surface area contributed by atoms with Crippen LogP contribution in [0.15, 0.2) is 30.1 Å². The molecular weight excluding hydrogens is 240 g/mol. The van der Waals surface area contributed by atoms with Crippen LogP contribution in [-0.4, -0.2) is 44.7 Å². The van der Waals surface area contributed by atoms with Crippen molar-refractivity contribution in [3.8, 4) is 11.5 Å². The molecule has 1 aromatic carbocycles. The smallest absolute Gasteiger partial charge is 0.161 e. The first-order valence-corrected chi connectivity index (χ1v) is 6.40. The first-order chi connectivity index (χ1) is 9.06. The van der Waals surface area contributed by atoms with Crippen molar-refractivity contribution in [2.75, 3.05) is 34.9 Å². The number of hydrogen-bond donors (Lipinski definition) is 0. The van der Waals surface area contributed by atoms with Crippen molar-refractivity contribution in [2.24, 2.45) is 0 Å². The molecular formula is C15H22N2O2. The van der Waals surface area contributed by atoms with Gasteiger partial charge in [0, 0.05) is 32.5 Å². The van der Waals surface area contributed by atoms with Gasteiger partial charge in [0.15, 0.2) is 11.5 Å². The van der Waals surface area contributed by atoms with Crippen molar-refractivity contribution < 1.29 is 9.47 Å². The molecule has 0 saturated heterocycles. The minimum absolute atomic E-state index is 0.329. The van der Waals surface area contributed by atoms with Crippen LogP contribution in [0.4, 0.5) is 0 Å². The molecule has 0 bridgehead atoms. The first kappa shape index (κ1) is 13.6. The van der Waals surface area contributed by atoms with Gasteiger partial charge in [-0.2, -0.15) is 0 Å². The normalized spacial score (nSPS) is 19.2. The van der Waals surface area contributed by atoms with Gasteiger partial charge in [0.05, 0.1) is 20.3 Å². The maximum atomic E-state index is 5.38. The standard InChI is InChI=1S/C15H22N2O2/c1-11-9-16(2)10-13(17(11)3)12-6-7-14(18-4)15(8-12)19-5/h6-9,13H,10H2,1-5H3. The fourth-order valence-corrected chi connectivity index (χ4v) is 2.49. The molecule has 0 aromatic heterocycles. The quantitative estimate of drug-likeness (QED) is 0.835. The third kappa shape index (κ3) is 2.62. The first-order valence-electron chi connectivity index (χ1n) is 6.40. The molecule has 19 heavy (non-hydrogen) atoms. The topological polar surface area (TPSA) is 24.9 Å². The Morgan fingerprint density at radius 3 is 2.42 bits per heavy atom. The van der Waals surface area contributed by atoms with Crippen molar-refractivity contribution >= 4 is 0 Å². The van der Waals surface area contributed by atoms with E-state index in [9.17, 15) is 0 Å². The molecule has 0 N–H and O–H groups in total. The molecule has 0 fully saturated rings. The Bertz CT molecular complexity index is 485. The summed E-state index contributed by atoms with van der Waals surface area (Å²) < 4.78 is 10.7. The lowest BCUT2D eigenvalue weighted by Gasteiger charge is -2.38. The summed E-state index contributed by atoms with van der Waals surface area (Å²) in [6.07, 6.45) is 2.16. The van der Waals surface area contributed by atoms with E-state index in [1.165, 1.54) is 11.3 Å². The van der Waals surface area contributed by atoms with Gasteiger partial charge in [0.2, 0.25) is 0 Å². The zero-order valence-electron chi connectivity index (χ0n) is 12.3. The average Bonchev–Trinajstić information content (AvgIpc) is 2.42. The second-order valence-corrected chi connectivity index (χ2v) is 4.95. The lowest BCUT2D eigenvalue weighted by atomic mass is 10.0. The Balaban J connectivity index is 2.34. The van der Waals surface area contributed by atoms with E-state index >= 15 is 0 Å². The molecule has 1 aliphatic rings. The minimum atomic E-state index is 0.329. The predicted molar refractivity (Wildman–Crippen MR) is 76.4 cm³/mol.